The number of hydrogen-bond acceptors (Lipinski definition) is 6. The molecule has 2 atom stereocenters. The topological polar surface area (TPSA) is 54.4 Å². The van der Waals surface area contributed by atoms with Gasteiger partial charge in [-0.05, 0) is 52.1 Å². The highest BCUT2D eigenvalue weighted by atomic mass is 32.2. The van der Waals surface area contributed by atoms with E-state index in [1.165, 1.54) is 11.8 Å². The molecule has 0 spiro atoms. The Bertz CT molecular complexity index is 663. The fourth-order valence-corrected chi connectivity index (χ4v) is 4.00. The first-order chi connectivity index (χ1) is 12.5. The van der Waals surface area contributed by atoms with E-state index in [1.807, 2.05) is 44.1 Å². The van der Waals surface area contributed by atoms with Crippen molar-refractivity contribution in [2.45, 2.75) is 45.0 Å². The van der Waals surface area contributed by atoms with E-state index in [2.05, 4.69) is 13.8 Å². The lowest BCUT2D eigenvalue weighted by molar-refractivity contribution is 0.114. The molecule has 1 heterocycles. The molecule has 0 saturated heterocycles. The van der Waals surface area contributed by atoms with Crippen molar-refractivity contribution in [1.29, 1.82) is 0 Å². The average Bonchev–Trinajstić information content (AvgIpc) is 2.63. The number of carbonyl (C=O) groups is 1. The number of methoxy groups -OCH3 is 1. The van der Waals surface area contributed by atoms with Gasteiger partial charge in [-0.3, -0.25) is 9.69 Å². The number of carbonyl (C=O) groups excluding carboxylic acids is 1. The second-order valence-corrected chi connectivity index (χ2v) is 7.42. The van der Waals surface area contributed by atoms with Crippen molar-refractivity contribution in [3.05, 3.63) is 23.8 Å². The maximum atomic E-state index is 12.6. The number of hydrogen-bond donors (Lipinski definition) is 0. The Balaban J connectivity index is 2.49. The molecule has 2 unspecified atom stereocenters. The van der Waals surface area contributed by atoms with Crippen molar-refractivity contribution in [3.63, 3.8) is 0 Å². The van der Waals surface area contributed by atoms with Crippen LogP contribution < -0.4 is 9.47 Å². The van der Waals surface area contributed by atoms with E-state index in [-0.39, 0.29) is 16.7 Å². The van der Waals surface area contributed by atoms with Gasteiger partial charge in [0.2, 0.25) is 0 Å². The molecule has 0 radical (unpaired) electrons. The van der Waals surface area contributed by atoms with Gasteiger partial charge in [-0.15, -0.1) is 0 Å². The van der Waals surface area contributed by atoms with Crippen LogP contribution in [0.3, 0.4) is 0 Å². The molecule has 2 rings (SSSR count). The fourth-order valence-electron chi connectivity index (χ4n) is 3.02. The highest BCUT2D eigenvalue weighted by Crippen LogP contribution is 2.34. The first kappa shape index (κ1) is 20.6. The van der Waals surface area contributed by atoms with Crippen molar-refractivity contribution in [2.24, 2.45) is 5.10 Å². The SMILES string of the molecule is CCOc1cc(C2=NN(C(CC)N(C)C)C(=O)SC2CC)ccc1OC. The van der Waals surface area contributed by atoms with E-state index < -0.39 is 0 Å². The van der Waals surface area contributed by atoms with Crippen molar-refractivity contribution < 1.29 is 14.3 Å². The standard InChI is InChI=1S/C19H29N3O3S/c1-7-16-18(13-10-11-14(24-6)15(12-13)25-9-3)20-22(19(23)26-16)17(8-2)21(4)5/h10-12,16-17H,7-9H2,1-6H3. The third-order valence-electron chi connectivity index (χ3n) is 4.32. The first-order valence-electron chi connectivity index (χ1n) is 9.02. The largest absolute Gasteiger partial charge is 0.493 e. The summed E-state index contributed by atoms with van der Waals surface area (Å²) in [6, 6.07) is 5.83. The van der Waals surface area contributed by atoms with Gasteiger partial charge in [-0.2, -0.15) is 5.10 Å². The Morgan fingerprint density at radius 3 is 2.54 bits per heavy atom. The van der Waals surface area contributed by atoms with Gasteiger partial charge in [0.1, 0.15) is 6.17 Å². The van der Waals surface area contributed by atoms with Gasteiger partial charge in [0.15, 0.2) is 11.5 Å². The summed E-state index contributed by atoms with van der Waals surface area (Å²) in [7, 11) is 5.56. The molecule has 0 saturated carbocycles. The Morgan fingerprint density at radius 1 is 1.27 bits per heavy atom. The van der Waals surface area contributed by atoms with Crippen molar-refractivity contribution in [1.82, 2.24) is 9.91 Å². The van der Waals surface area contributed by atoms with Crippen LogP contribution in [0, 0.1) is 0 Å². The number of benzene rings is 1. The minimum absolute atomic E-state index is 0.000284. The summed E-state index contributed by atoms with van der Waals surface area (Å²) in [5.74, 6) is 1.39. The van der Waals surface area contributed by atoms with E-state index in [1.54, 1.807) is 12.1 Å². The summed E-state index contributed by atoms with van der Waals surface area (Å²) in [6.07, 6.45) is 1.57. The molecule has 0 fully saturated rings. The van der Waals surface area contributed by atoms with Crippen LogP contribution in [0.25, 0.3) is 0 Å². The highest BCUT2D eigenvalue weighted by molar-refractivity contribution is 8.14. The van der Waals surface area contributed by atoms with Gasteiger partial charge < -0.3 is 9.47 Å². The summed E-state index contributed by atoms with van der Waals surface area (Å²) in [4.78, 5) is 14.6. The maximum Gasteiger partial charge on any atom is 0.303 e. The fraction of sp³-hybridized carbons (Fsp3) is 0.579. The number of ether oxygens (including phenoxy) is 2. The zero-order chi connectivity index (χ0) is 19.3. The van der Waals surface area contributed by atoms with Crippen LogP contribution in [0.2, 0.25) is 0 Å². The summed E-state index contributed by atoms with van der Waals surface area (Å²) < 4.78 is 11.1. The number of thioether (sulfide) groups is 1. The predicted octanol–water partition coefficient (Wildman–Crippen LogP) is 4.04. The summed E-state index contributed by atoms with van der Waals surface area (Å²) >= 11 is 1.35. The monoisotopic (exact) mass is 379 g/mol. The molecule has 0 aliphatic carbocycles. The number of amides is 1. The molecule has 26 heavy (non-hydrogen) atoms. The van der Waals surface area contributed by atoms with Crippen molar-refractivity contribution >= 4 is 22.7 Å². The Kier molecular flexibility index (Phi) is 7.34. The van der Waals surface area contributed by atoms with Crippen LogP contribution >= 0.6 is 11.8 Å². The molecule has 144 valence electrons. The molecular weight excluding hydrogens is 350 g/mol. The lowest BCUT2D eigenvalue weighted by atomic mass is 10.0. The Morgan fingerprint density at radius 2 is 2.00 bits per heavy atom. The van der Waals surface area contributed by atoms with Gasteiger partial charge in [0.05, 0.1) is 24.7 Å². The first-order valence-corrected chi connectivity index (χ1v) is 9.90. The predicted molar refractivity (Wildman–Crippen MR) is 107 cm³/mol. The van der Waals surface area contributed by atoms with Crippen molar-refractivity contribution in [3.8, 4) is 11.5 Å². The lowest BCUT2D eigenvalue weighted by Gasteiger charge is -2.36. The van der Waals surface area contributed by atoms with Gasteiger partial charge in [-0.25, -0.2) is 5.01 Å². The van der Waals surface area contributed by atoms with Crippen LogP contribution in [0.1, 0.15) is 39.2 Å². The molecule has 1 aliphatic heterocycles. The number of hydrazone groups is 1. The molecule has 0 aromatic heterocycles. The average molecular weight is 380 g/mol. The van der Waals surface area contributed by atoms with E-state index in [0.29, 0.717) is 18.1 Å². The van der Waals surface area contributed by atoms with E-state index in [4.69, 9.17) is 14.6 Å². The quantitative estimate of drug-likeness (QED) is 0.682. The van der Waals surface area contributed by atoms with Crippen LogP contribution in [0.15, 0.2) is 23.3 Å². The van der Waals surface area contributed by atoms with Crippen LogP contribution in [-0.2, 0) is 0 Å². The molecule has 1 aromatic carbocycles. The van der Waals surface area contributed by atoms with Crippen LogP contribution in [-0.4, -0.2) is 60.1 Å². The normalized spacial score (nSPS) is 18.7. The molecule has 0 bridgehead atoms. The van der Waals surface area contributed by atoms with Gasteiger partial charge in [-0.1, -0.05) is 25.6 Å². The highest BCUT2D eigenvalue weighted by Gasteiger charge is 2.34. The molecule has 1 aliphatic rings. The summed E-state index contributed by atoms with van der Waals surface area (Å²) in [5, 5.41) is 6.41. The third kappa shape index (κ3) is 4.32. The molecular formula is C19H29N3O3S. The van der Waals surface area contributed by atoms with E-state index >= 15 is 0 Å². The van der Waals surface area contributed by atoms with Crippen LogP contribution in [0.4, 0.5) is 4.79 Å². The minimum Gasteiger partial charge on any atom is -0.493 e. The van der Waals surface area contributed by atoms with Gasteiger partial charge in [0.25, 0.3) is 0 Å². The molecule has 1 aromatic rings. The molecule has 0 N–H and O–H groups in total. The maximum absolute atomic E-state index is 12.6. The zero-order valence-corrected chi connectivity index (χ0v) is 17.3. The van der Waals surface area contributed by atoms with E-state index in [0.717, 1.165) is 24.1 Å². The minimum atomic E-state index is -0.0626. The third-order valence-corrected chi connectivity index (χ3v) is 5.55. The van der Waals surface area contributed by atoms with Crippen LogP contribution in [0.5, 0.6) is 11.5 Å². The molecule has 6 nitrogen and oxygen atoms in total. The lowest BCUT2D eigenvalue weighted by Crippen LogP contribution is -2.47. The summed E-state index contributed by atoms with van der Waals surface area (Å²) in [5.41, 5.74) is 1.86. The van der Waals surface area contributed by atoms with Gasteiger partial charge in [0, 0.05) is 5.56 Å². The zero-order valence-electron chi connectivity index (χ0n) is 16.5. The summed E-state index contributed by atoms with van der Waals surface area (Å²) in [6.45, 7) is 6.64. The van der Waals surface area contributed by atoms with Crippen molar-refractivity contribution in [2.75, 3.05) is 27.8 Å². The second-order valence-electron chi connectivity index (χ2n) is 6.26. The molecule has 7 heteroatoms. The smallest absolute Gasteiger partial charge is 0.303 e. The number of rotatable bonds is 8. The molecule has 1 amide bonds. The Hall–Kier alpha value is -1.73. The number of nitrogens with zero attached hydrogens (tertiary/aromatic N) is 3. The van der Waals surface area contributed by atoms with Gasteiger partial charge >= 0.3 is 5.24 Å². The Labute approximate surface area is 160 Å². The second kappa shape index (κ2) is 9.28. The van der Waals surface area contributed by atoms with E-state index in [9.17, 15) is 4.79 Å².